The molecule has 248 valence electrons. The topological polar surface area (TPSA) is 78.7 Å². The Hall–Kier alpha value is -4.01. The molecule has 0 aliphatic carbocycles. The highest BCUT2D eigenvalue weighted by Crippen LogP contribution is 2.39. The predicted molar refractivity (Wildman–Crippen MR) is 191 cm³/mol. The fourth-order valence-electron chi connectivity index (χ4n) is 6.85. The third-order valence-corrected chi connectivity index (χ3v) is 14.6. The van der Waals surface area contributed by atoms with Gasteiger partial charge in [0.25, 0.3) is 8.32 Å². The Morgan fingerprint density at radius 1 is 0.766 bits per heavy atom. The average Bonchev–Trinajstić information content (AvgIpc) is 3.64. The van der Waals surface area contributed by atoms with Crippen molar-refractivity contribution in [2.45, 2.75) is 84.8 Å². The quantitative estimate of drug-likeness (QED) is 0.162. The molecule has 0 N–H and O–H groups in total. The molecule has 47 heavy (non-hydrogen) atoms. The molecule has 0 unspecified atom stereocenters. The van der Waals surface area contributed by atoms with Gasteiger partial charge < -0.3 is 18.8 Å². The molecule has 3 aromatic rings. The van der Waals surface area contributed by atoms with E-state index in [0.29, 0.717) is 5.56 Å². The minimum absolute atomic E-state index is 0.0114. The van der Waals surface area contributed by atoms with Crippen molar-refractivity contribution in [1.82, 2.24) is 0 Å². The van der Waals surface area contributed by atoms with Crippen LogP contribution >= 0.6 is 0 Å². The van der Waals surface area contributed by atoms with E-state index in [9.17, 15) is 4.79 Å². The Bertz CT molecular complexity index is 1550. The van der Waals surface area contributed by atoms with Crippen LogP contribution in [0.4, 0.5) is 0 Å². The Labute approximate surface area is 280 Å². The van der Waals surface area contributed by atoms with Gasteiger partial charge in [-0.3, -0.25) is 0 Å². The van der Waals surface area contributed by atoms with Crippen molar-refractivity contribution in [2.24, 2.45) is 28.1 Å². The van der Waals surface area contributed by atoms with Crippen LogP contribution in [-0.4, -0.2) is 50.1 Å². The van der Waals surface area contributed by atoms with Crippen LogP contribution in [0.15, 0.2) is 113 Å². The third kappa shape index (κ3) is 7.14. The van der Waals surface area contributed by atoms with Crippen molar-refractivity contribution in [3.8, 4) is 0 Å². The van der Waals surface area contributed by atoms with Crippen molar-refractivity contribution in [1.29, 1.82) is 0 Å². The van der Waals surface area contributed by atoms with Crippen molar-refractivity contribution in [3.05, 3.63) is 109 Å². The van der Waals surface area contributed by atoms with E-state index in [0.717, 1.165) is 11.4 Å². The van der Waals surface area contributed by atoms with Crippen LogP contribution in [0.1, 0.15) is 65.7 Å². The largest absolute Gasteiger partial charge is 0.455 e. The molecule has 2 aliphatic rings. The number of allylic oxidation sites excluding steroid dienone is 2. The molecule has 2 aliphatic heterocycles. The van der Waals surface area contributed by atoms with E-state index < -0.39 is 14.4 Å². The molecule has 0 spiro atoms. The SMILES string of the molecule is C[C@H](O[Si](c1ccccc1)(c1ccccc1)C(C)(C)C)[C@H]1ON=C([C@@H](C)/C=C\C2=NO[C@@H]([C@@H](C)OC(=O)c3ccccc3)[C@H]2C)[C@H]1C. The highest BCUT2D eigenvalue weighted by Gasteiger charge is 2.53. The van der Waals surface area contributed by atoms with Gasteiger partial charge in [0.05, 0.1) is 23.1 Å². The van der Waals surface area contributed by atoms with E-state index in [1.54, 1.807) is 12.1 Å². The van der Waals surface area contributed by atoms with Gasteiger partial charge in [0, 0.05) is 17.8 Å². The molecule has 7 nitrogen and oxygen atoms in total. The van der Waals surface area contributed by atoms with Crippen LogP contribution < -0.4 is 10.4 Å². The summed E-state index contributed by atoms with van der Waals surface area (Å²) in [6.07, 6.45) is 2.82. The van der Waals surface area contributed by atoms with Gasteiger partial charge in [-0.25, -0.2) is 4.79 Å². The van der Waals surface area contributed by atoms with E-state index in [4.69, 9.17) is 18.8 Å². The molecule has 0 radical (unpaired) electrons. The summed E-state index contributed by atoms with van der Waals surface area (Å²) in [4.78, 5) is 24.5. The molecular formula is C39H48N2O5Si. The summed E-state index contributed by atoms with van der Waals surface area (Å²) in [7, 11) is -2.75. The van der Waals surface area contributed by atoms with E-state index in [1.807, 2.05) is 38.1 Å². The van der Waals surface area contributed by atoms with Crippen LogP contribution in [0.25, 0.3) is 0 Å². The molecule has 7 atom stereocenters. The minimum Gasteiger partial charge on any atom is -0.455 e. The number of nitrogens with zero attached hydrogens (tertiary/aromatic N) is 2. The van der Waals surface area contributed by atoms with Crippen LogP contribution in [0, 0.1) is 17.8 Å². The lowest BCUT2D eigenvalue weighted by Gasteiger charge is -2.45. The second-order valence-electron chi connectivity index (χ2n) is 13.9. The van der Waals surface area contributed by atoms with Gasteiger partial charge in [0.1, 0.15) is 6.10 Å². The zero-order valence-electron chi connectivity index (χ0n) is 28.8. The number of ether oxygens (including phenoxy) is 1. The summed E-state index contributed by atoms with van der Waals surface area (Å²) in [6, 6.07) is 30.3. The molecule has 0 saturated carbocycles. The summed E-state index contributed by atoms with van der Waals surface area (Å²) < 4.78 is 13.1. The number of esters is 1. The monoisotopic (exact) mass is 652 g/mol. The first kappa shape index (κ1) is 34.3. The van der Waals surface area contributed by atoms with Gasteiger partial charge in [-0.15, -0.1) is 0 Å². The van der Waals surface area contributed by atoms with Crippen LogP contribution in [0.5, 0.6) is 0 Å². The summed E-state index contributed by atoms with van der Waals surface area (Å²) in [6.45, 7) is 17.2. The first-order chi connectivity index (χ1) is 22.4. The van der Waals surface area contributed by atoms with E-state index in [2.05, 4.69) is 119 Å². The highest BCUT2D eigenvalue weighted by molar-refractivity contribution is 6.99. The van der Waals surface area contributed by atoms with Crippen molar-refractivity contribution >= 4 is 36.1 Å². The van der Waals surface area contributed by atoms with Gasteiger partial charge in [-0.05, 0) is 47.5 Å². The average molecular weight is 653 g/mol. The molecule has 0 amide bonds. The van der Waals surface area contributed by atoms with Gasteiger partial charge in [-0.1, -0.05) is 137 Å². The standard InChI is InChI=1S/C39H48N2O5Si/c1-26(24-25-34-27(2)36(44-40-34)29(4)43-38(42)31-18-12-9-13-19-31)35-28(3)37(45-41-35)30(5)46-47(39(6,7)8,32-20-14-10-15-21-32)33-22-16-11-17-23-33/h9-30,36-37H,1-8H3/b25-24-/t26-,27-,28+,29+,30-,36+,37-/m0/s1. The van der Waals surface area contributed by atoms with Crippen molar-refractivity contribution in [3.63, 3.8) is 0 Å². The summed E-state index contributed by atoms with van der Waals surface area (Å²) in [5.74, 6) is -0.365. The number of hydrogen-bond acceptors (Lipinski definition) is 7. The highest BCUT2D eigenvalue weighted by atomic mass is 28.4. The minimum atomic E-state index is -2.75. The maximum atomic E-state index is 12.6. The molecule has 5 rings (SSSR count). The summed E-state index contributed by atoms with van der Waals surface area (Å²) >= 11 is 0. The second-order valence-corrected chi connectivity index (χ2v) is 18.1. The Morgan fingerprint density at radius 3 is 1.83 bits per heavy atom. The Morgan fingerprint density at radius 2 is 1.28 bits per heavy atom. The van der Waals surface area contributed by atoms with Gasteiger partial charge in [0.2, 0.25) is 0 Å². The summed E-state index contributed by atoms with van der Waals surface area (Å²) in [5.41, 5.74) is 2.28. The lowest BCUT2D eigenvalue weighted by molar-refractivity contribution is -0.0429. The molecule has 2 heterocycles. The fourth-order valence-corrected chi connectivity index (χ4v) is 11.6. The van der Waals surface area contributed by atoms with Gasteiger partial charge >= 0.3 is 5.97 Å². The second kappa shape index (κ2) is 14.4. The van der Waals surface area contributed by atoms with Crippen molar-refractivity contribution < 1.29 is 23.6 Å². The van der Waals surface area contributed by atoms with E-state index >= 15 is 0 Å². The van der Waals surface area contributed by atoms with E-state index in [1.165, 1.54) is 10.4 Å². The molecule has 8 heteroatoms. The maximum Gasteiger partial charge on any atom is 0.338 e. The molecule has 3 aromatic carbocycles. The number of benzene rings is 3. The summed E-state index contributed by atoms with van der Waals surface area (Å²) in [5, 5.41) is 11.3. The molecular weight excluding hydrogens is 605 g/mol. The van der Waals surface area contributed by atoms with Crippen molar-refractivity contribution in [2.75, 3.05) is 0 Å². The number of rotatable bonds is 11. The molecule has 0 fully saturated rings. The van der Waals surface area contributed by atoms with E-state index in [-0.39, 0.29) is 47.1 Å². The first-order valence-electron chi connectivity index (χ1n) is 16.6. The number of oxime groups is 2. The van der Waals surface area contributed by atoms with Crippen LogP contribution in [-0.2, 0) is 18.8 Å². The zero-order valence-corrected chi connectivity index (χ0v) is 29.8. The van der Waals surface area contributed by atoms with Crippen LogP contribution in [0.2, 0.25) is 5.04 Å². The Balaban J connectivity index is 1.25. The molecule has 0 bridgehead atoms. The zero-order chi connectivity index (χ0) is 33.8. The van der Waals surface area contributed by atoms with Crippen LogP contribution in [0.3, 0.4) is 0 Å². The third-order valence-electron chi connectivity index (χ3n) is 9.51. The predicted octanol–water partition coefficient (Wildman–Crippen LogP) is 7.17. The smallest absolute Gasteiger partial charge is 0.338 e. The fraction of sp³-hybridized carbons (Fsp3) is 0.410. The van der Waals surface area contributed by atoms with Gasteiger partial charge in [0.15, 0.2) is 12.2 Å². The number of carbonyl (C=O) groups excluding carboxylic acids is 1. The first-order valence-corrected chi connectivity index (χ1v) is 18.5. The normalized spacial score (nSPS) is 23.3. The lowest BCUT2D eigenvalue weighted by Crippen LogP contribution is -2.68. The number of carbonyl (C=O) groups is 1. The maximum absolute atomic E-state index is 12.6. The van der Waals surface area contributed by atoms with Gasteiger partial charge in [-0.2, -0.15) is 0 Å². The molecule has 0 saturated heterocycles. The lowest BCUT2D eigenvalue weighted by atomic mass is 9.88. The molecule has 0 aromatic heterocycles. The Kier molecular flexibility index (Phi) is 10.5. The number of hydrogen-bond donors (Lipinski definition) is 0.